The van der Waals surface area contributed by atoms with Crippen molar-refractivity contribution in [2.24, 2.45) is 0 Å². The molecular weight excluding hydrogens is 465 g/mol. The average Bonchev–Trinajstić information content (AvgIpc) is 3.60. The van der Waals surface area contributed by atoms with E-state index in [1.54, 1.807) is 22.7 Å². The van der Waals surface area contributed by atoms with E-state index in [2.05, 4.69) is 84.7 Å². The predicted octanol–water partition coefficient (Wildman–Crippen LogP) is 9.08. The number of unbranched alkanes of at least 4 members (excludes halogenated alkanes) is 2. The van der Waals surface area contributed by atoms with Gasteiger partial charge in [-0.1, -0.05) is 50.4 Å². The van der Waals surface area contributed by atoms with E-state index in [1.807, 2.05) is 22.7 Å². The molecule has 0 fully saturated rings. The second-order valence-electron chi connectivity index (χ2n) is 7.64. The van der Waals surface area contributed by atoms with Crippen LogP contribution in [0.4, 0.5) is 0 Å². The van der Waals surface area contributed by atoms with Crippen molar-refractivity contribution in [2.75, 3.05) is 0 Å². The van der Waals surface area contributed by atoms with Crippen LogP contribution in [-0.2, 0) is 12.8 Å². The minimum absolute atomic E-state index is 1.11. The number of aryl methyl sites for hydroxylation is 2. The van der Waals surface area contributed by atoms with Crippen LogP contribution >= 0.6 is 45.3 Å². The first-order valence-corrected chi connectivity index (χ1v) is 14.5. The first kappa shape index (κ1) is 23.1. The van der Waals surface area contributed by atoms with Gasteiger partial charge in [-0.3, -0.25) is 0 Å². The predicted molar refractivity (Wildman–Crippen MR) is 145 cm³/mol. The lowest BCUT2D eigenvalue weighted by Crippen LogP contribution is -1.77. The smallest absolute Gasteiger partial charge is 0.0779 e. The molecule has 0 aliphatic rings. The fraction of sp³-hybridized carbons (Fsp3) is 0.286. The van der Waals surface area contributed by atoms with Crippen molar-refractivity contribution in [3.05, 3.63) is 77.8 Å². The molecule has 0 bridgehead atoms. The normalized spacial score (nSPS) is 10.4. The highest BCUT2D eigenvalue weighted by Gasteiger charge is 2.05. The third-order valence-electron chi connectivity index (χ3n) is 4.98. The van der Waals surface area contributed by atoms with Gasteiger partial charge in [-0.05, 0) is 62.1 Å². The Kier molecular flexibility index (Phi) is 8.43. The first-order chi connectivity index (χ1) is 15.7. The fourth-order valence-corrected chi connectivity index (χ4v) is 6.73. The third kappa shape index (κ3) is 6.47. The van der Waals surface area contributed by atoms with E-state index in [4.69, 9.17) is 0 Å². The molecule has 0 aliphatic carbocycles. The van der Waals surface area contributed by atoms with Crippen molar-refractivity contribution in [1.29, 1.82) is 0 Å². The first-order valence-electron chi connectivity index (χ1n) is 11.1. The van der Waals surface area contributed by atoms with E-state index < -0.39 is 0 Å². The summed E-state index contributed by atoms with van der Waals surface area (Å²) < 4.78 is 0. The molecule has 4 rings (SSSR count). The largest absolute Gasteiger partial charge is 0.148 e. The van der Waals surface area contributed by atoms with Crippen LogP contribution in [0.15, 0.2) is 47.2 Å². The molecular formula is C28H26S4. The standard InChI is InChI=1S/C28H26S4/c1-3-5-7-25-17-21(19-29-25)9-11-23-13-15-27(31-23)28-16-14-24(32-28)12-10-22-18-26(30-20-22)8-6-4-2/h13-20H,3-8H2,1-2H3. The summed E-state index contributed by atoms with van der Waals surface area (Å²) in [5.41, 5.74) is 2.27. The van der Waals surface area contributed by atoms with Gasteiger partial charge in [0.25, 0.3) is 0 Å². The Balaban J connectivity index is 1.40. The summed E-state index contributed by atoms with van der Waals surface area (Å²) in [6, 6.07) is 13.1. The lowest BCUT2D eigenvalue weighted by atomic mass is 10.2. The summed E-state index contributed by atoms with van der Waals surface area (Å²) in [5, 5.41) is 4.36. The molecule has 0 aromatic carbocycles. The summed E-state index contributed by atoms with van der Waals surface area (Å²) in [6.07, 6.45) is 7.32. The monoisotopic (exact) mass is 490 g/mol. The Labute approximate surface area is 208 Å². The number of hydrogen-bond acceptors (Lipinski definition) is 4. The maximum absolute atomic E-state index is 3.34. The molecule has 0 saturated carbocycles. The van der Waals surface area contributed by atoms with Crippen LogP contribution in [0, 0.1) is 23.7 Å². The molecule has 0 radical (unpaired) electrons. The average molecular weight is 491 g/mol. The van der Waals surface area contributed by atoms with Crippen LogP contribution in [0.5, 0.6) is 0 Å². The molecule has 0 aliphatic heterocycles. The summed E-state index contributed by atoms with van der Waals surface area (Å²) in [6.45, 7) is 4.47. The van der Waals surface area contributed by atoms with Crippen LogP contribution in [-0.4, -0.2) is 0 Å². The summed E-state index contributed by atoms with van der Waals surface area (Å²) in [7, 11) is 0. The Morgan fingerprint density at radius 1 is 0.625 bits per heavy atom. The van der Waals surface area contributed by atoms with E-state index in [9.17, 15) is 0 Å². The molecule has 0 nitrogen and oxygen atoms in total. The summed E-state index contributed by atoms with van der Waals surface area (Å²) >= 11 is 7.17. The van der Waals surface area contributed by atoms with Crippen LogP contribution in [0.3, 0.4) is 0 Å². The quantitative estimate of drug-likeness (QED) is 0.227. The highest BCUT2D eigenvalue weighted by Crippen LogP contribution is 2.33. The van der Waals surface area contributed by atoms with Gasteiger partial charge in [0, 0.05) is 41.4 Å². The highest BCUT2D eigenvalue weighted by atomic mass is 32.1. The number of thiophene rings is 4. The van der Waals surface area contributed by atoms with Gasteiger partial charge in [0.05, 0.1) is 9.75 Å². The van der Waals surface area contributed by atoms with Gasteiger partial charge < -0.3 is 0 Å². The van der Waals surface area contributed by atoms with Crippen LogP contribution < -0.4 is 0 Å². The Bertz CT molecular complexity index is 1170. The number of rotatable bonds is 7. The zero-order chi connectivity index (χ0) is 22.2. The van der Waals surface area contributed by atoms with Crippen molar-refractivity contribution in [3.8, 4) is 33.4 Å². The van der Waals surface area contributed by atoms with Crippen molar-refractivity contribution in [3.63, 3.8) is 0 Å². The lowest BCUT2D eigenvalue weighted by molar-refractivity contribution is 0.804. The minimum Gasteiger partial charge on any atom is -0.148 e. The van der Waals surface area contributed by atoms with Gasteiger partial charge in [0.2, 0.25) is 0 Å². The minimum atomic E-state index is 1.11. The van der Waals surface area contributed by atoms with Crippen molar-refractivity contribution < 1.29 is 0 Å². The molecule has 0 amide bonds. The van der Waals surface area contributed by atoms with Crippen molar-refractivity contribution in [1.82, 2.24) is 0 Å². The summed E-state index contributed by atoms with van der Waals surface area (Å²) in [5.74, 6) is 13.4. The van der Waals surface area contributed by atoms with Gasteiger partial charge in [-0.25, -0.2) is 0 Å². The van der Waals surface area contributed by atoms with Crippen molar-refractivity contribution >= 4 is 45.3 Å². The van der Waals surface area contributed by atoms with Gasteiger partial charge in [-0.2, -0.15) is 0 Å². The molecule has 0 unspecified atom stereocenters. The van der Waals surface area contributed by atoms with Gasteiger partial charge in [0.15, 0.2) is 0 Å². The zero-order valence-electron chi connectivity index (χ0n) is 18.5. The Morgan fingerprint density at radius 3 is 1.53 bits per heavy atom. The molecule has 0 atom stereocenters. The molecule has 162 valence electrons. The molecule has 4 aromatic rings. The SMILES string of the molecule is CCCCc1cc(C#Cc2ccc(-c3ccc(C#Cc4csc(CCCC)c4)s3)s2)cs1. The molecule has 4 aromatic heterocycles. The zero-order valence-corrected chi connectivity index (χ0v) is 21.8. The topological polar surface area (TPSA) is 0 Å². The van der Waals surface area contributed by atoms with Crippen LogP contribution in [0.2, 0.25) is 0 Å². The third-order valence-corrected chi connectivity index (χ3v) is 9.17. The van der Waals surface area contributed by atoms with E-state index in [-0.39, 0.29) is 0 Å². The lowest BCUT2D eigenvalue weighted by Gasteiger charge is -1.90. The van der Waals surface area contributed by atoms with Crippen LogP contribution in [0.25, 0.3) is 9.75 Å². The number of hydrogen-bond donors (Lipinski definition) is 0. The van der Waals surface area contributed by atoms with Crippen LogP contribution in [0.1, 0.15) is 70.2 Å². The highest BCUT2D eigenvalue weighted by molar-refractivity contribution is 7.22. The Hall–Kier alpha value is -2.08. The molecule has 0 spiro atoms. The van der Waals surface area contributed by atoms with E-state index in [1.165, 1.54) is 58.0 Å². The fourth-order valence-electron chi connectivity index (χ4n) is 3.20. The summed E-state index contributed by atoms with van der Waals surface area (Å²) in [4.78, 5) is 7.63. The molecule has 0 N–H and O–H groups in total. The van der Waals surface area contributed by atoms with Gasteiger partial charge >= 0.3 is 0 Å². The van der Waals surface area contributed by atoms with Crippen molar-refractivity contribution in [2.45, 2.75) is 52.4 Å². The molecule has 4 heteroatoms. The molecule has 32 heavy (non-hydrogen) atoms. The van der Waals surface area contributed by atoms with E-state index in [0.717, 1.165) is 20.9 Å². The Morgan fingerprint density at radius 2 is 1.09 bits per heavy atom. The van der Waals surface area contributed by atoms with E-state index >= 15 is 0 Å². The van der Waals surface area contributed by atoms with Gasteiger partial charge in [0.1, 0.15) is 0 Å². The maximum Gasteiger partial charge on any atom is 0.0779 e. The molecule has 0 saturated heterocycles. The second kappa shape index (κ2) is 11.7. The van der Waals surface area contributed by atoms with E-state index in [0.29, 0.717) is 0 Å². The van der Waals surface area contributed by atoms with Gasteiger partial charge in [-0.15, -0.1) is 45.3 Å². The maximum atomic E-state index is 3.34. The molecule has 4 heterocycles. The second-order valence-corrected chi connectivity index (χ2v) is 11.8.